The Hall–Kier alpha value is -1.59. The molecule has 2 amide bonds. The molecule has 0 radical (unpaired) electrons. The van der Waals surface area contributed by atoms with Crippen LogP contribution in [0.2, 0.25) is 0 Å². The summed E-state index contributed by atoms with van der Waals surface area (Å²) < 4.78 is 0. The van der Waals surface area contributed by atoms with E-state index in [1.807, 2.05) is 6.92 Å². The Labute approximate surface area is 106 Å². The lowest BCUT2D eigenvalue weighted by atomic mass is 10.0. The molecule has 0 aromatic heterocycles. The fourth-order valence-electron chi connectivity index (χ4n) is 2.83. The van der Waals surface area contributed by atoms with Gasteiger partial charge in [-0.2, -0.15) is 0 Å². The minimum Gasteiger partial charge on any atom is -0.480 e. The molecule has 100 valence electrons. The van der Waals surface area contributed by atoms with Gasteiger partial charge in [-0.25, -0.2) is 4.79 Å². The first-order valence-corrected chi connectivity index (χ1v) is 6.19. The maximum Gasteiger partial charge on any atom is 0.326 e. The van der Waals surface area contributed by atoms with Crippen molar-refractivity contribution in [1.82, 2.24) is 9.80 Å². The molecular formula is C12H18N2O4. The minimum atomic E-state index is -0.953. The third-order valence-electron chi connectivity index (χ3n) is 3.93. The van der Waals surface area contributed by atoms with Gasteiger partial charge in [0.1, 0.15) is 6.04 Å². The van der Waals surface area contributed by atoms with Crippen molar-refractivity contribution in [3.05, 3.63) is 0 Å². The van der Waals surface area contributed by atoms with E-state index in [1.54, 1.807) is 7.05 Å². The molecule has 2 rings (SSSR count). The number of carbonyl (C=O) groups is 3. The van der Waals surface area contributed by atoms with Gasteiger partial charge in [-0.15, -0.1) is 0 Å². The molecule has 0 aliphatic carbocycles. The zero-order chi connectivity index (χ0) is 13.4. The van der Waals surface area contributed by atoms with Gasteiger partial charge in [0.05, 0.1) is 5.92 Å². The van der Waals surface area contributed by atoms with E-state index >= 15 is 0 Å². The van der Waals surface area contributed by atoms with Gasteiger partial charge in [-0.1, -0.05) is 6.92 Å². The van der Waals surface area contributed by atoms with Crippen LogP contribution in [0.3, 0.4) is 0 Å². The number of rotatable bonds is 2. The predicted molar refractivity (Wildman–Crippen MR) is 62.7 cm³/mol. The number of carboxylic acid groups (broad SMARTS) is 1. The van der Waals surface area contributed by atoms with E-state index in [9.17, 15) is 19.5 Å². The summed E-state index contributed by atoms with van der Waals surface area (Å²) in [6.45, 7) is 2.72. The fourth-order valence-corrected chi connectivity index (χ4v) is 2.83. The maximum absolute atomic E-state index is 12.3. The summed E-state index contributed by atoms with van der Waals surface area (Å²) in [5, 5.41) is 9.18. The molecule has 3 unspecified atom stereocenters. The minimum absolute atomic E-state index is 0.0266. The molecule has 2 heterocycles. The van der Waals surface area contributed by atoms with Crippen molar-refractivity contribution in [1.29, 1.82) is 0 Å². The van der Waals surface area contributed by atoms with Crippen molar-refractivity contribution in [3.63, 3.8) is 0 Å². The summed E-state index contributed by atoms with van der Waals surface area (Å²) in [6.07, 6.45) is 0.908. The lowest BCUT2D eigenvalue weighted by molar-refractivity contribution is -0.150. The van der Waals surface area contributed by atoms with Crippen LogP contribution in [0.1, 0.15) is 19.8 Å². The highest BCUT2D eigenvalue weighted by atomic mass is 16.4. The van der Waals surface area contributed by atoms with Gasteiger partial charge in [0.25, 0.3) is 0 Å². The number of nitrogens with zero attached hydrogens (tertiary/aromatic N) is 2. The van der Waals surface area contributed by atoms with Crippen LogP contribution in [-0.2, 0) is 14.4 Å². The third-order valence-corrected chi connectivity index (χ3v) is 3.93. The van der Waals surface area contributed by atoms with Crippen LogP contribution in [0.25, 0.3) is 0 Å². The van der Waals surface area contributed by atoms with Gasteiger partial charge in [-0.05, 0) is 12.3 Å². The van der Waals surface area contributed by atoms with Gasteiger partial charge in [-0.3, -0.25) is 9.59 Å². The molecule has 0 aromatic carbocycles. The van der Waals surface area contributed by atoms with E-state index in [1.165, 1.54) is 9.80 Å². The zero-order valence-electron chi connectivity index (χ0n) is 10.6. The summed E-state index contributed by atoms with van der Waals surface area (Å²) in [7, 11) is 1.66. The Bertz CT molecular complexity index is 396. The normalized spacial score (nSPS) is 32.1. The zero-order valence-corrected chi connectivity index (χ0v) is 10.6. The van der Waals surface area contributed by atoms with Gasteiger partial charge < -0.3 is 14.9 Å². The number of hydrogen-bond donors (Lipinski definition) is 1. The number of amides is 2. The first-order chi connectivity index (χ1) is 8.41. The fraction of sp³-hybridized carbons (Fsp3) is 0.750. The highest BCUT2D eigenvalue weighted by Crippen LogP contribution is 2.28. The molecule has 0 aromatic rings. The van der Waals surface area contributed by atoms with Crippen molar-refractivity contribution in [2.75, 3.05) is 20.1 Å². The molecule has 18 heavy (non-hydrogen) atoms. The average Bonchev–Trinajstić information content (AvgIpc) is 2.82. The maximum atomic E-state index is 12.3. The third kappa shape index (κ3) is 2.07. The van der Waals surface area contributed by atoms with Gasteiger partial charge in [0, 0.05) is 26.6 Å². The lowest BCUT2D eigenvalue weighted by Crippen LogP contribution is -2.45. The number of carboxylic acids is 1. The van der Waals surface area contributed by atoms with Crippen LogP contribution >= 0.6 is 0 Å². The van der Waals surface area contributed by atoms with Crippen LogP contribution in [0.15, 0.2) is 0 Å². The molecule has 0 saturated carbocycles. The second-order valence-corrected chi connectivity index (χ2v) is 5.26. The van der Waals surface area contributed by atoms with Crippen molar-refractivity contribution in [3.8, 4) is 0 Å². The largest absolute Gasteiger partial charge is 0.480 e. The number of carbonyl (C=O) groups excluding carboxylic acids is 2. The van der Waals surface area contributed by atoms with E-state index in [0.29, 0.717) is 19.5 Å². The van der Waals surface area contributed by atoms with E-state index in [-0.39, 0.29) is 30.1 Å². The molecular weight excluding hydrogens is 236 g/mol. The first-order valence-electron chi connectivity index (χ1n) is 6.19. The summed E-state index contributed by atoms with van der Waals surface area (Å²) in [5.41, 5.74) is 0. The molecule has 2 saturated heterocycles. The SMILES string of the molecule is CC1CCN(C(=O)C2CC(=O)N(C)C2)C1C(=O)O. The molecule has 1 N–H and O–H groups in total. The Morgan fingerprint density at radius 2 is 2.06 bits per heavy atom. The Morgan fingerprint density at radius 3 is 2.56 bits per heavy atom. The van der Waals surface area contributed by atoms with Crippen molar-refractivity contribution in [2.45, 2.75) is 25.8 Å². The first kappa shape index (κ1) is 12.9. The second kappa shape index (κ2) is 4.59. The lowest BCUT2D eigenvalue weighted by Gasteiger charge is -2.25. The van der Waals surface area contributed by atoms with Gasteiger partial charge >= 0.3 is 5.97 Å². The van der Waals surface area contributed by atoms with Crippen molar-refractivity contribution < 1.29 is 19.5 Å². The Balaban J connectivity index is 2.10. The summed E-state index contributed by atoms with van der Waals surface area (Å²) in [6, 6.07) is -0.737. The average molecular weight is 254 g/mol. The Kier molecular flexibility index (Phi) is 3.28. The molecule has 2 aliphatic heterocycles. The number of likely N-dealkylation sites (tertiary alicyclic amines) is 2. The highest BCUT2D eigenvalue weighted by Gasteiger charge is 2.43. The van der Waals surface area contributed by atoms with E-state index in [0.717, 1.165) is 0 Å². The number of hydrogen-bond acceptors (Lipinski definition) is 3. The summed E-state index contributed by atoms with van der Waals surface area (Å²) >= 11 is 0. The van der Waals surface area contributed by atoms with Crippen LogP contribution < -0.4 is 0 Å². The Morgan fingerprint density at radius 1 is 1.39 bits per heavy atom. The monoisotopic (exact) mass is 254 g/mol. The molecule has 3 atom stereocenters. The molecule has 2 fully saturated rings. The molecule has 6 heteroatoms. The molecule has 6 nitrogen and oxygen atoms in total. The van der Waals surface area contributed by atoms with Gasteiger partial charge in [0.15, 0.2) is 0 Å². The van der Waals surface area contributed by atoms with E-state index in [2.05, 4.69) is 0 Å². The van der Waals surface area contributed by atoms with E-state index in [4.69, 9.17) is 0 Å². The molecule has 0 spiro atoms. The van der Waals surface area contributed by atoms with Gasteiger partial charge in [0.2, 0.25) is 11.8 Å². The topological polar surface area (TPSA) is 77.9 Å². The highest BCUT2D eigenvalue weighted by molar-refractivity contribution is 5.91. The van der Waals surface area contributed by atoms with Crippen LogP contribution in [0.4, 0.5) is 0 Å². The summed E-state index contributed by atoms with van der Waals surface area (Å²) in [4.78, 5) is 37.9. The van der Waals surface area contributed by atoms with Crippen molar-refractivity contribution in [2.24, 2.45) is 11.8 Å². The predicted octanol–water partition coefficient (Wildman–Crippen LogP) is -0.214. The standard InChI is InChI=1S/C12H18N2O4/c1-7-3-4-14(10(7)12(17)18)11(16)8-5-9(15)13(2)6-8/h7-8,10H,3-6H2,1-2H3,(H,17,18). The van der Waals surface area contributed by atoms with E-state index < -0.39 is 12.0 Å². The second-order valence-electron chi connectivity index (χ2n) is 5.26. The van der Waals surface area contributed by atoms with Crippen LogP contribution in [0, 0.1) is 11.8 Å². The smallest absolute Gasteiger partial charge is 0.326 e. The molecule has 2 aliphatic rings. The quantitative estimate of drug-likeness (QED) is 0.739. The van der Waals surface area contributed by atoms with Crippen molar-refractivity contribution >= 4 is 17.8 Å². The van der Waals surface area contributed by atoms with Crippen LogP contribution in [-0.4, -0.2) is 58.9 Å². The number of aliphatic carboxylic acids is 1. The van der Waals surface area contributed by atoms with Crippen LogP contribution in [0.5, 0.6) is 0 Å². The molecule has 0 bridgehead atoms. The summed E-state index contributed by atoms with van der Waals surface area (Å²) in [5.74, 6) is -1.60.